The summed E-state index contributed by atoms with van der Waals surface area (Å²) >= 11 is 6.61. The van der Waals surface area contributed by atoms with Gasteiger partial charge in [0.2, 0.25) is 0 Å². The lowest BCUT2D eigenvalue weighted by Crippen LogP contribution is -2.44. The van der Waals surface area contributed by atoms with Crippen molar-refractivity contribution in [3.05, 3.63) is 89.6 Å². The van der Waals surface area contributed by atoms with Crippen molar-refractivity contribution < 1.29 is 9.53 Å². The molecule has 4 heterocycles. The van der Waals surface area contributed by atoms with Gasteiger partial charge in [-0.3, -0.25) is 19.3 Å². The van der Waals surface area contributed by atoms with Crippen molar-refractivity contribution in [1.29, 1.82) is 0 Å². The smallest absolute Gasteiger partial charge is 0.253 e. The van der Waals surface area contributed by atoms with Gasteiger partial charge in [-0.2, -0.15) is 0 Å². The Morgan fingerprint density at radius 1 is 1.03 bits per heavy atom. The first-order valence-corrected chi connectivity index (χ1v) is 12.8. The van der Waals surface area contributed by atoms with Gasteiger partial charge in [0.25, 0.3) is 5.91 Å². The third-order valence-corrected chi connectivity index (χ3v) is 6.96. The van der Waals surface area contributed by atoms with Crippen LogP contribution in [0.1, 0.15) is 41.9 Å². The second-order valence-corrected chi connectivity index (χ2v) is 9.46. The monoisotopic (exact) mass is 525 g/mol. The molecule has 0 unspecified atom stereocenters. The summed E-state index contributed by atoms with van der Waals surface area (Å²) in [5.41, 5.74) is 3.24. The quantitative estimate of drug-likeness (QED) is 0.318. The van der Waals surface area contributed by atoms with Crippen LogP contribution in [-0.4, -0.2) is 48.3 Å². The Hall–Kier alpha value is -4.37. The first-order chi connectivity index (χ1) is 18.6. The number of hydrogen-bond donors (Lipinski definition) is 1. The van der Waals surface area contributed by atoms with Crippen molar-refractivity contribution in [3.8, 4) is 23.0 Å². The van der Waals surface area contributed by atoms with Gasteiger partial charge in [0.1, 0.15) is 22.8 Å². The number of ether oxygens (including phenoxy) is 1. The van der Waals surface area contributed by atoms with Gasteiger partial charge in [0, 0.05) is 24.4 Å². The molecule has 9 nitrogen and oxygen atoms in total. The number of para-hydroxylation sites is 1. The fourth-order valence-electron chi connectivity index (χ4n) is 4.73. The lowest BCUT2D eigenvalue weighted by molar-refractivity contribution is 0.0908. The second kappa shape index (κ2) is 10.2. The van der Waals surface area contributed by atoms with Crippen molar-refractivity contribution in [2.24, 2.45) is 0 Å². The van der Waals surface area contributed by atoms with Gasteiger partial charge in [0.05, 0.1) is 34.6 Å². The fraction of sp³-hybridized carbons (Fsp3) is 0.214. The van der Waals surface area contributed by atoms with Crippen molar-refractivity contribution in [1.82, 2.24) is 35.0 Å². The van der Waals surface area contributed by atoms with E-state index in [2.05, 4.69) is 30.5 Å². The molecule has 5 aromatic rings. The van der Waals surface area contributed by atoms with Crippen LogP contribution in [0.4, 0.5) is 0 Å². The van der Waals surface area contributed by atoms with Crippen molar-refractivity contribution >= 4 is 28.5 Å². The minimum Gasteiger partial charge on any atom is -0.492 e. The maximum Gasteiger partial charge on any atom is 0.253 e. The van der Waals surface area contributed by atoms with Crippen LogP contribution < -0.4 is 10.1 Å². The first kappa shape index (κ1) is 24.0. The molecular weight excluding hydrogens is 502 g/mol. The number of hydrogen-bond acceptors (Lipinski definition) is 7. The van der Waals surface area contributed by atoms with E-state index in [0.717, 1.165) is 24.4 Å². The maximum atomic E-state index is 13.1. The molecule has 1 aromatic carbocycles. The third-order valence-electron chi connectivity index (χ3n) is 6.64. The van der Waals surface area contributed by atoms with Crippen LogP contribution in [0.15, 0.2) is 73.2 Å². The van der Waals surface area contributed by atoms with Crippen LogP contribution in [0, 0.1) is 0 Å². The Balaban J connectivity index is 1.25. The molecule has 0 saturated heterocycles. The van der Waals surface area contributed by atoms with E-state index in [-0.39, 0.29) is 17.9 Å². The predicted octanol–water partition coefficient (Wildman–Crippen LogP) is 5.00. The van der Waals surface area contributed by atoms with E-state index in [1.807, 2.05) is 54.0 Å². The van der Waals surface area contributed by atoms with Gasteiger partial charge in [-0.25, -0.2) is 4.98 Å². The van der Waals surface area contributed by atoms with Crippen LogP contribution in [0.3, 0.4) is 0 Å². The predicted molar refractivity (Wildman–Crippen MR) is 144 cm³/mol. The summed E-state index contributed by atoms with van der Waals surface area (Å²) in [7, 11) is 0. The second-order valence-electron chi connectivity index (χ2n) is 9.05. The van der Waals surface area contributed by atoms with Gasteiger partial charge in [-0.05, 0) is 62.2 Å². The minimum absolute atomic E-state index is 0.00266. The zero-order valence-electron chi connectivity index (χ0n) is 20.6. The highest BCUT2D eigenvalue weighted by molar-refractivity contribution is 6.32. The number of amides is 1. The molecule has 0 radical (unpaired) electrons. The van der Waals surface area contributed by atoms with Crippen LogP contribution in [-0.2, 0) is 0 Å². The average molecular weight is 526 g/mol. The van der Waals surface area contributed by atoms with Gasteiger partial charge < -0.3 is 10.1 Å². The lowest BCUT2D eigenvalue weighted by atomic mass is 9.79. The summed E-state index contributed by atoms with van der Waals surface area (Å²) in [5.74, 6) is 2.00. The van der Waals surface area contributed by atoms with Crippen molar-refractivity contribution in [2.45, 2.75) is 31.7 Å². The number of benzene rings is 1. The molecule has 0 atom stereocenters. The molecule has 1 amide bonds. The molecular formula is C28H24ClN7O2. The number of nitrogens with one attached hydrogen (secondary N) is 1. The molecule has 1 aliphatic carbocycles. The number of halogens is 1. The molecule has 0 spiro atoms. The van der Waals surface area contributed by atoms with Gasteiger partial charge in [-0.15, -0.1) is 10.2 Å². The average Bonchev–Trinajstić information content (AvgIpc) is 3.35. The zero-order valence-corrected chi connectivity index (χ0v) is 21.3. The Morgan fingerprint density at radius 2 is 1.89 bits per heavy atom. The summed E-state index contributed by atoms with van der Waals surface area (Å²) < 4.78 is 7.50. The molecule has 1 aliphatic rings. The largest absolute Gasteiger partial charge is 0.492 e. The number of carbonyl (C=O) groups is 1. The first-order valence-electron chi connectivity index (χ1n) is 12.4. The third kappa shape index (κ3) is 4.45. The Bertz CT molecular complexity index is 1610. The number of rotatable bonds is 7. The summed E-state index contributed by atoms with van der Waals surface area (Å²) in [6.45, 7) is 2.49. The van der Waals surface area contributed by atoms with E-state index in [9.17, 15) is 4.79 Å². The molecule has 38 heavy (non-hydrogen) atoms. The minimum atomic E-state index is -0.161. The normalized spacial score (nSPS) is 16.7. The van der Waals surface area contributed by atoms with Crippen molar-refractivity contribution in [2.75, 3.05) is 6.61 Å². The van der Waals surface area contributed by atoms with Crippen molar-refractivity contribution in [3.63, 3.8) is 0 Å². The Morgan fingerprint density at radius 3 is 2.68 bits per heavy atom. The highest BCUT2D eigenvalue weighted by Crippen LogP contribution is 2.39. The van der Waals surface area contributed by atoms with Crippen LogP contribution in [0.25, 0.3) is 28.2 Å². The van der Waals surface area contributed by atoms with E-state index in [4.69, 9.17) is 16.3 Å². The SMILES string of the molecule is CCOc1ccc(-c2nnc([C@H]3C[C@H](NC(=O)c4ccnc5cccnc45)C3)n2-c2ccccc2Cl)nc1. The van der Waals surface area contributed by atoms with Gasteiger partial charge >= 0.3 is 0 Å². The van der Waals surface area contributed by atoms with Crippen LogP contribution in [0.2, 0.25) is 5.02 Å². The number of nitrogens with zero attached hydrogens (tertiary/aromatic N) is 6. The van der Waals surface area contributed by atoms with E-state index < -0.39 is 0 Å². The molecule has 4 aromatic heterocycles. The molecule has 190 valence electrons. The number of fused-ring (bicyclic) bond motifs is 1. The highest BCUT2D eigenvalue weighted by atomic mass is 35.5. The molecule has 1 saturated carbocycles. The lowest BCUT2D eigenvalue weighted by Gasteiger charge is -2.35. The van der Waals surface area contributed by atoms with E-state index in [0.29, 0.717) is 45.5 Å². The molecule has 1 N–H and O–H groups in total. The van der Waals surface area contributed by atoms with Crippen LogP contribution in [0.5, 0.6) is 5.75 Å². The summed E-state index contributed by atoms with van der Waals surface area (Å²) in [4.78, 5) is 26.2. The fourth-order valence-corrected chi connectivity index (χ4v) is 4.95. The number of aromatic nitrogens is 6. The number of carbonyl (C=O) groups excluding carboxylic acids is 1. The molecule has 0 aliphatic heterocycles. The molecule has 0 bridgehead atoms. The van der Waals surface area contributed by atoms with E-state index in [1.165, 1.54) is 0 Å². The van der Waals surface area contributed by atoms with Gasteiger partial charge in [-0.1, -0.05) is 23.7 Å². The highest BCUT2D eigenvalue weighted by Gasteiger charge is 2.36. The molecule has 10 heteroatoms. The summed E-state index contributed by atoms with van der Waals surface area (Å²) in [6.07, 6.45) is 6.42. The molecule has 6 rings (SSSR count). The van der Waals surface area contributed by atoms with E-state index in [1.54, 1.807) is 30.7 Å². The number of pyridine rings is 3. The van der Waals surface area contributed by atoms with Crippen LogP contribution >= 0.6 is 11.6 Å². The van der Waals surface area contributed by atoms with Gasteiger partial charge in [0.15, 0.2) is 5.82 Å². The van der Waals surface area contributed by atoms with E-state index >= 15 is 0 Å². The summed E-state index contributed by atoms with van der Waals surface area (Å²) in [5, 5.41) is 12.8. The zero-order chi connectivity index (χ0) is 26.1. The summed E-state index contributed by atoms with van der Waals surface area (Å²) in [6, 6.07) is 16.7. The standard InChI is InChI=1S/C28H24ClN7O2/c1-2-38-19-9-10-23(32-16-19)27-35-34-26(36(27)24-8-4-3-6-21(24)29)17-14-18(15-17)33-28(37)20-11-13-30-22-7-5-12-31-25(20)22/h3-13,16-18H,2,14-15H2,1H3,(H,33,37)/t17-,18-. The Labute approximate surface area is 223 Å². The maximum absolute atomic E-state index is 13.1. The Kier molecular flexibility index (Phi) is 6.43. The molecule has 1 fully saturated rings. The topological polar surface area (TPSA) is 108 Å².